The number of amides is 2. The number of carbonyl (C=O) groups is 2. The molecule has 96 valence electrons. The maximum Gasteiger partial charge on any atom is 0.240 e. The summed E-state index contributed by atoms with van der Waals surface area (Å²) in [4.78, 5) is 26.3. The number of rotatable bonds is 1. The van der Waals surface area contributed by atoms with E-state index in [0.29, 0.717) is 5.69 Å². The molecule has 0 radical (unpaired) electrons. The van der Waals surface area contributed by atoms with Crippen molar-refractivity contribution in [2.24, 2.45) is 11.8 Å². The topological polar surface area (TPSA) is 46.6 Å². The second-order valence-electron chi connectivity index (χ2n) is 4.99. The van der Waals surface area contributed by atoms with Crippen molar-refractivity contribution in [3.63, 3.8) is 0 Å². The van der Waals surface area contributed by atoms with E-state index in [1.807, 2.05) is 24.3 Å². The zero-order chi connectivity index (χ0) is 13.1. The summed E-state index contributed by atoms with van der Waals surface area (Å²) < 4.78 is 6.45. The lowest BCUT2D eigenvalue weighted by Gasteiger charge is -2.17. The summed E-state index contributed by atoms with van der Waals surface area (Å²) in [6.45, 7) is 0. The zero-order valence-electron chi connectivity index (χ0n) is 9.82. The molecule has 3 heterocycles. The van der Waals surface area contributed by atoms with Crippen LogP contribution in [0.25, 0.3) is 0 Å². The molecule has 0 aliphatic carbocycles. The fourth-order valence-corrected chi connectivity index (χ4v) is 3.56. The fraction of sp³-hybridized carbons (Fsp3) is 0.286. The molecule has 5 heteroatoms. The highest BCUT2D eigenvalue weighted by Gasteiger charge is 2.60. The summed E-state index contributed by atoms with van der Waals surface area (Å²) >= 11 is 3.36. The van der Waals surface area contributed by atoms with Gasteiger partial charge in [-0.3, -0.25) is 9.59 Å². The molecule has 1 aromatic carbocycles. The normalized spacial score (nSPS) is 35.3. The van der Waals surface area contributed by atoms with Crippen molar-refractivity contribution < 1.29 is 14.3 Å². The van der Waals surface area contributed by atoms with Crippen LogP contribution in [0.2, 0.25) is 0 Å². The largest absolute Gasteiger partial charge is 0.365 e. The molecule has 4 atom stereocenters. The van der Waals surface area contributed by atoms with Gasteiger partial charge < -0.3 is 4.74 Å². The van der Waals surface area contributed by atoms with Gasteiger partial charge in [-0.2, -0.15) is 0 Å². The average Bonchev–Trinajstić information content (AvgIpc) is 3.04. The number of anilines is 1. The Bertz CT molecular complexity index is 597. The number of benzene rings is 1. The molecule has 0 N–H and O–H groups in total. The first-order valence-corrected chi connectivity index (χ1v) is 6.93. The summed E-state index contributed by atoms with van der Waals surface area (Å²) in [6.07, 6.45) is 3.32. The highest BCUT2D eigenvalue weighted by Crippen LogP contribution is 2.46. The second kappa shape index (κ2) is 3.77. The third-order valence-corrected chi connectivity index (χ3v) is 4.47. The van der Waals surface area contributed by atoms with Crippen molar-refractivity contribution in [3.8, 4) is 0 Å². The third-order valence-electron chi connectivity index (χ3n) is 3.98. The SMILES string of the molecule is O=C1C2C3C=CC(O3)C2C(=O)N1c1cccc(Br)c1. The Labute approximate surface area is 118 Å². The Balaban J connectivity index is 1.77. The number of ether oxygens (including phenoxy) is 1. The van der Waals surface area contributed by atoms with E-state index in [0.717, 1.165) is 4.47 Å². The minimum Gasteiger partial charge on any atom is -0.365 e. The first kappa shape index (κ1) is 11.4. The van der Waals surface area contributed by atoms with Crippen LogP contribution in [0.1, 0.15) is 0 Å². The van der Waals surface area contributed by atoms with E-state index in [1.54, 1.807) is 12.1 Å². The van der Waals surface area contributed by atoms with Gasteiger partial charge >= 0.3 is 0 Å². The standard InChI is InChI=1S/C14H10BrNO3/c15-7-2-1-3-8(6-7)16-13(17)11-9-4-5-10(19-9)12(11)14(16)18/h1-6,9-12H. The van der Waals surface area contributed by atoms with Crippen LogP contribution in [0.5, 0.6) is 0 Å². The van der Waals surface area contributed by atoms with E-state index in [-0.39, 0.29) is 35.9 Å². The van der Waals surface area contributed by atoms with Crippen LogP contribution in [-0.4, -0.2) is 24.0 Å². The van der Waals surface area contributed by atoms with Crippen molar-refractivity contribution in [3.05, 3.63) is 40.9 Å². The molecule has 0 spiro atoms. The maximum atomic E-state index is 12.5. The van der Waals surface area contributed by atoms with E-state index in [1.165, 1.54) is 4.90 Å². The highest BCUT2D eigenvalue weighted by atomic mass is 79.9. The van der Waals surface area contributed by atoms with Gasteiger partial charge in [-0.05, 0) is 18.2 Å². The van der Waals surface area contributed by atoms with Crippen molar-refractivity contribution in [2.45, 2.75) is 12.2 Å². The third kappa shape index (κ3) is 1.42. The van der Waals surface area contributed by atoms with Crippen molar-refractivity contribution >= 4 is 33.4 Å². The number of halogens is 1. The summed E-state index contributed by atoms with van der Waals surface area (Å²) in [5, 5.41) is 0. The number of hydrogen-bond donors (Lipinski definition) is 0. The van der Waals surface area contributed by atoms with Gasteiger partial charge in [0, 0.05) is 4.47 Å². The minimum atomic E-state index is -0.346. The molecule has 4 nitrogen and oxygen atoms in total. The molecule has 3 aliphatic heterocycles. The first-order chi connectivity index (χ1) is 9.16. The lowest BCUT2D eigenvalue weighted by molar-refractivity contribution is -0.124. The predicted octanol–water partition coefficient (Wildman–Crippen LogP) is 1.89. The van der Waals surface area contributed by atoms with Crippen LogP contribution >= 0.6 is 15.9 Å². The lowest BCUT2D eigenvalue weighted by atomic mass is 9.85. The monoisotopic (exact) mass is 319 g/mol. The molecule has 1 aromatic rings. The van der Waals surface area contributed by atoms with Gasteiger partial charge in [0.15, 0.2) is 0 Å². The Kier molecular flexibility index (Phi) is 2.26. The molecule has 2 fully saturated rings. The molecule has 19 heavy (non-hydrogen) atoms. The van der Waals surface area contributed by atoms with Gasteiger partial charge in [0.05, 0.1) is 29.7 Å². The quantitative estimate of drug-likeness (QED) is 0.586. The Morgan fingerprint density at radius 2 is 1.68 bits per heavy atom. The number of fused-ring (bicyclic) bond motifs is 5. The lowest BCUT2D eigenvalue weighted by Crippen LogP contribution is -2.34. The van der Waals surface area contributed by atoms with E-state index in [9.17, 15) is 9.59 Å². The van der Waals surface area contributed by atoms with Crippen LogP contribution < -0.4 is 4.90 Å². The van der Waals surface area contributed by atoms with Crippen molar-refractivity contribution in [2.75, 3.05) is 4.90 Å². The van der Waals surface area contributed by atoms with Crippen molar-refractivity contribution in [1.29, 1.82) is 0 Å². The molecule has 2 saturated heterocycles. The van der Waals surface area contributed by atoms with E-state index >= 15 is 0 Å². The maximum absolute atomic E-state index is 12.5. The van der Waals surface area contributed by atoms with E-state index in [4.69, 9.17) is 4.74 Å². The van der Waals surface area contributed by atoms with Gasteiger partial charge in [0.25, 0.3) is 0 Å². The average molecular weight is 320 g/mol. The molecular weight excluding hydrogens is 310 g/mol. The van der Waals surface area contributed by atoms with E-state index in [2.05, 4.69) is 15.9 Å². The van der Waals surface area contributed by atoms with Gasteiger partial charge in [-0.1, -0.05) is 34.1 Å². The van der Waals surface area contributed by atoms with Crippen LogP contribution in [0.3, 0.4) is 0 Å². The van der Waals surface area contributed by atoms with Gasteiger partial charge in [0.2, 0.25) is 11.8 Å². The number of hydrogen-bond acceptors (Lipinski definition) is 3. The molecule has 3 aliphatic rings. The van der Waals surface area contributed by atoms with Crippen LogP contribution in [0.15, 0.2) is 40.9 Å². The zero-order valence-corrected chi connectivity index (χ0v) is 11.4. The minimum absolute atomic E-state index is 0.148. The van der Waals surface area contributed by atoms with Crippen LogP contribution in [0, 0.1) is 11.8 Å². The van der Waals surface area contributed by atoms with Gasteiger partial charge in [0.1, 0.15) is 0 Å². The Hall–Kier alpha value is -1.46. The Morgan fingerprint density at radius 1 is 1.05 bits per heavy atom. The molecule has 2 amide bonds. The summed E-state index contributed by atoms with van der Waals surface area (Å²) in [6, 6.07) is 7.24. The smallest absolute Gasteiger partial charge is 0.240 e. The summed E-state index contributed by atoms with van der Waals surface area (Å²) in [5.41, 5.74) is 0.623. The second-order valence-corrected chi connectivity index (χ2v) is 5.91. The fourth-order valence-electron chi connectivity index (χ4n) is 3.17. The number of nitrogens with zero attached hydrogens (tertiary/aromatic N) is 1. The molecule has 2 bridgehead atoms. The Morgan fingerprint density at radius 3 is 2.26 bits per heavy atom. The van der Waals surface area contributed by atoms with Crippen LogP contribution in [0.4, 0.5) is 5.69 Å². The molecule has 0 saturated carbocycles. The molecule has 4 unspecified atom stereocenters. The van der Waals surface area contributed by atoms with Crippen molar-refractivity contribution in [1.82, 2.24) is 0 Å². The molecular formula is C14H10BrNO3. The van der Waals surface area contributed by atoms with Crippen LogP contribution in [-0.2, 0) is 14.3 Å². The number of carbonyl (C=O) groups excluding carboxylic acids is 2. The summed E-state index contributed by atoms with van der Waals surface area (Å²) in [5.74, 6) is -0.988. The highest BCUT2D eigenvalue weighted by molar-refractivity contribution is 9.10. The number of imide groups is 1. The van der Waals surface area contributed by atoms with Gasteiger partial charge in [-0.15, -0.1) is 0 Å². The predicted molar refractivity (Wildman–Crippen MR) is 71.4 cm³/mol. The molecule has 0 aromatic heterocycles. The first-order valence-electron chi connectivity index (χ1n) is 6.14. The summed E-state index contributed by atoms with van der Waals surface area (Å²) in [7, 11) is 0. The molecule has 4 rings (SSSR count). The van der Waals surface area contributed by atoms with Gasteiger partial charge in [-0.25, -0.2) is 4.90 Å². The van der Waals surface area contributed by atoms with E-state index < -0.39 is 0 Å².